The van der Waals surface area contributed by atoms with Gasteiger partial charge in [-0.3, -0.25) is 9.59 Å². The Kier molecular flexibility index (Phi) is 6.72. The van der Waals surface area contributed by atoms with Crippen LogP contribution in [0.25, 0.3) is 0 Å². The van der Waals surface area contributed by atoms with Crippen molar-refractivity contribution in [3.05, 3.63) is 53.6 Å². The van der Waals surface area contributed by atoms with Crippen LogP contribution in [0.2, 0.25) is 0 Å². The molecular weight excluding hydrogens is 370 g/mol. The smallest absolute Gasteiger partial charge is 0.279 e. The maximum Gasteiger partial charge on any atom is 0.279 e. The van der Waals surface area contributed by atoms with Gasteiger partial charge < -0.3 is 25.0 Å². The number of para-hydroxylation sites is 3. The van der Waals surface area contributed by atoms with Crippen molar-refractivity contribution in [1.82, 2.24) is 5.32 Å². The molecule has 0 aromatic heterocycles. The van der Waals surface area contributed by atoms with Crippen LogP contribution in [-0.4, -0.2) is 51.2 Å². The lowest BCUT2D eigenvalue weighted by Gasteiger charge is -2.26. The number of aryl methyl sites for hydroxylation is 2. The highest BCUT2D eigenvalue weighted by Crippen LogP contribution is 2.30. The first-order chi connectivity index (χ1) is 13.9. The van der Waals surface area contributed by atoms with Gasteiger partial charge in [0, 0.05) is 5.69 Å². The van der Waals surface area contributed by atoms with Gasteiger partial charge in [-0.2, -0.15) is 0 Å². The van der Waals surface area contributed by atoms with Gasteiger partial charge in [-0.1, -0.05) is 30.3 Å². The van der Waals surface area contributed by atoms with E-state index in [-0.39, 0.29) is 31.0 Å². The minimum atomic E-state index is -0.235. The lowest BCUT2D eigenvalue weighted by molar-refractivity contribution is -0.862. The molecular formula is C22H28N3O4+. The zero-order valence-electron chi connectivity index (χ0n) is 17.1. The number of hydrogen-bond acceptors (Lipinski definition) is 4. The molecule has 0 radical (unpaired) electrons. The van der Waals surface area contributed by atoms with Gasteiger partial charge in [0.2, 0.25) is 0 Å². The van der Waals surface area contributed by atoms with Crippen molar-refractivity contribution in [2.75, 3.05) is 38.6 Å². The number of carbonyl (C=O) groups is 2. The predicted molar refractivity (Wildman–Crippen MR) is 111 cm³/mol. The third-order valence-corrected chi connectivity index (χ3v) is 4.76. The number of quaternary nitrogens is 1. The van der Waals surface area contributed by atoms with Gasteiger partial charge in [-0.05, 0) is 37.1 Å². The number of nitrogens with one attached hydrogen (secondary N) is 3. The Morgan fingerprint density at radius 1 is 1.00 bits per heavy atom. The van der Waals surface area contributed by atoms with E-state index in [4.69, 9.17) is 9.47 Å². The van der Waals surface area contributed by atoms with Crippen LogP contribution in [0.3, 0.4) is 0 Å². The molecule has 2 aromatic carbocycles. The molecule has 29 heavy (non-hydrogen) atoms. The van der Waals surface area contributed by atoms with Crippen LogP contribution in [0, 0.1) is 13.8 Å². The van der Waals surface area contributed by atoms with E-state index in [1.807, 2.05) is 63.4 Å². The Balaban J connectivity index is 1.41. The summed E-state index contributed by atoms with van der Waals surface area (Å²) in [5.41, 5.74) is 2.87. The van der Waals surface area contributed by atoms with Crippen molar-refractivity contribution >= 4 is 17.5 Å². The van der Waals surface area contributed by atoms with Crippen LogP contribution in [0.4, 0.5) is 5.69 Å². The Morgan fingerprint density at radius 2 is 1.66 bits per heavy atom. The number of likely N-dealkylation sites (N-methyl/N-ethyl adjacent to an activating group) is 1. The lowest BCUT2D eigenvalue weighted by Crippen LogP contribution is -3.11. The maximum atomic E-state index is 12.3. The first-order valence-electron chi connectivity index (χ1n) is 9.75. The summed E-state index contributed by atoms with van der Waals surface area (Å²) in [6.07, 6.45) is -0.235. The first-order valence-corrected chi connectivity index (χ1v) is 9.75. The van der Waals surface area contributed by atoms with E-state index < -0.39 is 0 Å². The second kappa shape index (κ2) is 9.43. The molecule has 2 atom stereocenters. The van der Waals surface area contributed by atoms with Crippen molar-refractivity contribution in [3.63, 3.8) is 0 Å². The number of anilines is 1. The van der Waals surface area contributed by atoms with Crippen molar-refractivity contribution in [1.29, 1.82) is 0 Å². The van der Waals surface area contributed by atoms with E-state index in [0.29, 0.717) is 24.7 Å². The third-order valence-electron chi connectivity index (χ3n) is 4.76. The largest absolute Gasteiger partial charge is 0.486 e. The van der Waals surface area contributed by atoms with Crippen LogP contribution >= 0.6 is 0 Å². The zero-order chi connectivity index (χ0) is 20.8. The fourth-order valence-corrected chi connectivity index (χ4v) is 3.26. The number of benzene rings is 2. The average molecular weight is 398 g/mol. The van der Waals surface area contributed by atoms with Crippen molar-refractivity contribution in [3.8, 4) is 11.5 Å². The van der Waals surface area contributed by atoms with Crippen LogP contribution < -0.4 is 25.0 Å². The van der Waals surface area contributed by atoms with Crippen LogP contribution in [0.15, 0.2) is 42.5 Å². The molecule has 1 unspecified atom stereocenters. The van der Waals surface area contributed by atoms with E-state index in [1.54, 1.807) is 0 Å². The molecule has 1 heterocycles. The molecule has 0 saturated heterocycles. The lowest BCUT2D eigenvalue weighted by atomic mass is 10.1. The second-order valence-electron chi connectivity index (χ2n) is 7.43. The van der Waals surface area contributed by atoms with Crippen molar-refractivity contribution in [2.45, 2.75) is 20.0 Å². The van der Waals surface area contributed by atoms with E-state index in [9.17, 15) is 9.59 Å². The van der Waals surface area contributed by atoms with Crippen molar-refractivity contribution in [2.24, 2.45) is 0 Å². The molecule has 0 saturated carbocycles. The standard InChI is InChI=1S/C22H27N3O4/c1-15-7-6-8-16(2)22(15)24-21(27)13-25(3)12-20(26)23-11-17-14-28-18-9-4-5-10-19(18)29-17/h4-10,17H,11-14H2,1-3H3,(H,23,26)(H,24,27)/p+1/t17-/m0/s1. The van der Waals surface area contributed by atoms with Gasteiger partial charge >= 0.3 is 0 Å². The molecule has 0 fully saturated rings. The monoisotopic (exact) mass is 398 g/mol. The van der Waals surface area contributed by atoms with Crippen molar-refractivity contribution < 1.29 is 24.0 Å². The number of amides is 2. The summed E-state index contributed by atoms with van der Waals surface area (Å²) in [6, 6.07) is 13.3. The molecule has 1 aliphatic heterocycles. The molecule has 1 aliphatic rings. The van der Waals surface area contributed by atoms with Gasteiger partial charge in [-0.25, -0.2) is 0 Å². The molecule has 0 spiro atoms. The molecule has 7 nitrogen and oxygen atoms in total. The van der Waals surface area contributed by atoms with Crippen LogP contribution in [-0.2, 0) is 9.59 Å². The summed E-state index contributed by atoms with van der Waals surface area (Å²) in [5.74, 6) is 1.15. The zero-order valence-corrected chi connectivity index (χ0v) is 17.1. The molecule has 2 amide bonds. The number of carbonyl (C=O) groups excluding carboxylic acids is 2. The Labute approximate surface area is 171 Å². The van der Waals surface area contributed by atoms with Gasteiger partial charge in [-0.15, -0.1) is 0 Å². The summed E-state index contributed by atoms with van der Waals surface area (Å²) < 4.78 is 11.5. The van der Waals surface area contributed by atoms with Gasteiger partial charge in [0.25, 0.3) is 11.8 Å². The van der Waals surface area contributed by atoms with Gasteiger partial charge in [0.15, 0.2) is 24.6 Å². The fourth-order valence-electron chi connectivity index (χ4n) is 3.26. The Morgan fingerprint density at radius 3 is 2.38 bits per heavy atom. The third kappa shape index (κ3) is 5.71. The minimum Gasteiger partial charge on any atom is -0.486 e. The predicted octanol–water partition coefficient (Wildman–Crippen LogP) is 0.713. The fraction of sp³-hybridized carbons (Fsp3) is 0.364. The summed E-state index contributed by atoms with van der Waals surface area (Å²) in [6.45, 7) is 5.07. The topological polar surface area (TPSA) is 81.1 Å². The Hall–Kier alpha value is -3.06. The van der Waals surface area contributed by atoms with Crippen LogP contribution in [0.1, 0.15) is 11.1 Å². The SMILES string of the molecule is Cc1cccc(C)c1NC(=O)C[NH+](C)CC(=O)NC[C@H]1COc2ccccc2O1. The van der Waals surface area contributed by atoms with E-state index in [1.165, 1.54) is 0 Å². The first kappa shape index (κ1) is 20.7. The summed E-state index contributed by atoms with van der Waals surface area (Å²) in [7, 11) is 1.82. The normalized spacial score (nSPS) is 16.0. The highest BCUT2D eigenvalue weighted by atomic mass is 16.6. The quantitative estimate of drug-likeness (QED) is 0.642. The summed E-state index contributed by atoms with van der Waals surface area (Å²) in [4.78, 5) is 25.4. The number of hydrogen-bond donors (Lipinski definition) is 3. The highest BCUT2D eigenvalue weighted by molar-refractivity contribution is 5.93. The Bertz CT molecular complexity index is 864. The highest BCUT2D eigenvalue weighted by Gasteiger charge is 2.22. The van der Waals surface area contributed by atoms with Gasteiger partial charge in [0.1, 0.15) is 12.7 Å². The number of fused-ring (bicyclic) bond motifs is 1. The molecule has 2 aromatic rings. The summed E-state index contributed by atoms with van der Waals surface area (Å²) >= 11 is 0. The molecule has 3 rings (SSSR count). The molecule has 3 N–H and O–H groups in total. The minimum absolute atomic E-state index is 0.117. The molecule has 7 heteroatoms. The number of ether oxygens (including phenoxy) is 2. The maximum absolute atomic E-state index is 12.3. The molecule has 154 valence electrons. The molecule has 0 aliphatic carbocycles. The van der Waals surface area contributed by atoms with E-state index in [0.717, 1.165) is 21.7 Å². The number of rotatable bonds is 7. The molecule has 0 bridgehead atoms. The van der Waals surface area contributed by atoms with E-state index >= 15 is 0 Å². The van der Waals surface area contributed by atoms with Crippen LogP contribution in [0.5, 0.6) is 11.5 Å². The van der Waals surface area contributed by atoms with Gasteiger partial charge in [0.05, 0.1) is 13.6 Å². The summed E-state index contributed by atoms with van der Waals surface area (Å²) in [5, 5.41) is 5.81. The average Bonchev–Trinajstić information content (AvgIpc) is 2.69. The second-order valence-corrected chi connectivity index (χ2v) is 7.43. The van der Waals surface area contributed by atoms with E-state index in [2.05, 4.69) is 10.6 Å².